The molecule has 4 rings (SSSR count). The van der Waals surface area contributed by atoms with Gasteiger partial charge >= 0.3 is 0 Å². The SMILES string of the molecule is C=CCO[C@H]1CC[C@@]2(C)C(=CCC3C2CC[C@@]2(C)C3CC[C@@H]2C(C)CCCC(C)C)C1. The molecule has 1 heteroatoms. The zero-order chi connectivity index (χ0) is 22.2. The fourth-order valence-corrected chi connectivity index (χ4v) is 9.00. The van der Waals surface area contributed by atoms with E-state index in [1.54, 1.807) is 5.57 Å². The van der Waals surface area contributed by atoms with Gasteiger partial charge in [0.05, 0.1) is 12.7 Å². The minimum atomic E-state index is 0.422. The van der Waals surface area contributed by atoms with Gasteiger partial charge in [0.1, 0.15) is 0 Å². The molecule has 176 valence electrons. The van der Waals surface area contributed by atoms with Crippen molar-refractivity contribution < 1.29 is 4.74 Å². The van der Waals surface area contributed by atoms with Crippen LogP contribution in [0, 0.1) is 46.3 Å². The molecule has 0 heterocycles. The van der Waals surface area contributed by atoms with Gasteiger partial charge in [-0.15, -0.1) is 6.58 Å². The van der Waals surface area contributed by atoms with Crippen molar-refractivity contribution in [1.29, 1.82) is 0 Å². The molecule has 0 spiro atoms. The van der Waals surface area contributed by atoms with E-state index in [9.17, 15) is 0 Å². The Morgan fingerprint density at radius 2 is 1.87 bits per heavy atom. The molecule has 8 atom stereocenters. The largest absolute Gasteiger partial charge is 0.374 e. The lowest BCUT2D eigenvalue weighted by atomic mass is 9.47. The van der Waals surface area contributed by atoms with Crippen LogP contribution < -0.4 is 0 Å². The fraction of sp³-hybridized carbons (Fsp3) is 0.867. The van der Waals surface area contributed by atoms with E-state index in [1.807, 2.05) is 6.08 Å². The minimum Gasteiger partial charge on any atom is -0.374 e. The van der Waals surface area contributed by atoms with E-state index in [2.05, 4.69) is 47.3 Å². The molecule has 4 aliphatic rings. The Bertz CT molecular complexity index is 661. The summed E-state index contributed by atoms with van der Waals surface area (Å²) < 4.78 is 6.08. The number of allylic oxidation sites excluding steroid dienone is 1. The van der Waals surface area contributed by atoms with Gasteiger partial charge in [0.2, 0.25) is 0 Å². The van der Waals surface area contributed by atoms with Crippen molar-refractivity contribution in [3.05, 3.63) is 24.3 Å². The number of rotatable bonds is 8. The number of ether oxygens (including phenoxy) is 1. The van der Waals surface area contributed by atoms with Crippen LogP contribution in [0.3, 0.4) is 0 Å². The maximum absolute atomic E-state index is 6.08. The summed E-state index contributed by atoms with van der Waals surface area (Å²) in [6.45, 7) is 17.2. The summed E-state index contributed by atoms with van der Waals surface area (Å²) >= 11 is 0. The summed E-state index contributed by atoms with van der Waals surface area (Å²) in [6, 6.07) is 0. The highest BCUT2D eigenvalue weighted by molar-refractivity contribution is 5.25. The third-order valence-corrected chi connectivity index (χ3v) is 10.7. The fourth-order valence-electron chi connectivity index (χ4n) is 9.00. The van der Waals surface area contributed by atoms with Gasteiger partial charge in [-0.2, -0.15) is 0 Å². The maximum atomic E-state index is 6.08. The monoisotopic (exact) mass is 426 g/mol. The molecule has 0 N–H and O–H groups in total. The minimum absolute atomic E-state index is 0.422. The Hall–Kier alpha value is -0.560. The van der Waals surface area contributed by atoms with Crippen molar-refractivity contribution in [3.8, 4) is 0 Å². The number of hydrogen-bond acceptors (Lipinski definition) is 1. The number of hydrogen-bond donors (Lipinski definition) is 0. The molecule has 1 nitrogen and oxygen atoms in total. The second-order valence-electron chi connectivity index (χ2n) is 12.8. The van der Waals surface area contributed by atoms with Crippen LogP contribution in [0.5, 0.6) is 0 Å². The smallest absolute Gasteiger partial charge is 0.0648 e. The third kappa shape index (κ3) is 4.34. The van der Waals surface area contributed by atoms with Crippen molar-refractivity contribution in [2.45, 2.75) is 111 Å². The lowest BCUT2D eigenvalue weighted by Gasteiger charge is -2.58. The van der Waals surface area contributed by atoms with E-state index in [1.165, 1.54) is 70.6 Å². The van der Waals surface area contributed by atoms with Crippen LogP contribution in [0.25, 0.3) is 0 Å². The van der Waals surface area contributed by atoms with Gasteiger partial charge < -0.3 is 4.74 Å². The van der Waals surface area contributed by atoms with Crippen LogP contribution in [0.15, 0.2) is 24.3 Å². The summed E-state index contributed by atoms with van der Waals surface area (Å²) in [5.41, 5.74) is 2.79. The molecule has 0 aromatic heterocycles. The first-order chi connectivity index (χ1) is 14.8. The molecule has 0 bridgehead atoms. The van der Waals surface area contributed by atoms with E-state index < -0.39 is 0 Å². The molecule has 4 aliphatic carbocycles. The van der Waals surface area contributed by atoms with E-state index >= 15 is 0 Å². The van der Waals surface area contributed by atoms with Gasteiger partial charge in [-0.1, -0.05) is 71.6 Å². The van der Waals surface area contributed by atoms with Gasteiger partial charge in [-0.05, 0) is 97.7 Å². The third-order valence-electron chi connectivity index (χ3n) is 10.7. The summed E-state index contributed by atoms with van der Waals surface area (Å²) in [7, 11) is 0. The van der Waals surface area contributed by atoms with Gasteiger partial charge in [0.15, 0.2) is 0 Å². The molecule has 0 radical (unpaired) electrons. The molecule has 0 amide bonds. The van der Waals surface area contributed by atoms with Crippen molar-refractivity contribution in [2.24, 2.45) is 46.3 Å². The topological polar surface area (TPSA) is 9.23 Å². The van der Waals surface area contributed by atoms with E-state index in [4.69, 9.17) is 4.74 Å². The van der Waals surface area contributed by atoms with Gasteiger partial charge in [0, 0.05) is 0 Å². The van der Waals surface area contributed by atoms with Crippen LogP contribution in [0.2, 0.25) is 0 Å². The predicted octanol–water partition coefficient (Wildman–Crippen LogP) is 8.60. The summed E-state index contributed by atoms with van der Waals surface area (Å²) in [5.74, 6) is 5.55. The second kappa shape index (κ2) is 9.36. The summed E-state index contributed by atoms with van der Waals surface area (Å²) in [4.78, 5) is 0. The zero-order valence-electron chi connectivity index (χ0n) is 21.3. The second-order valence-corrected chi connectivity index (χ2v) is 12.8. The molecule has 3 fully saturated rings. The normalized spacial score (nSPS) is 43.0. The molecule has 0 aliphatic heterocycles. The Balaban J connectivity index is 1.45. The zero-order valence-corrected chi connectivity index (χ0v) is 21.3. The Morgan fingerprint density at radius 3 is 2.61 bits per heavy atom. The average Bonchev–Trinajstić information content (AvgIpc) is 3.09. The molecule has 0 aromatic carbocycles. The van der Waals surface area contributed by atoms with Crippen LogP contribution in [-0.2, 0) is 4.74 Å². The van der Waals surface area contributed by atoms with E-state index in [0.717, 1.165) is 35.5 Å². The molecular formula is C30H50O. The first-order valence-corrected chi connectivity index (χ1v) is 13.7. The van der Waals surface area contributed by atoms with Crippen molar-refractivity contribution in [2.75, 3.05) is 6.61 Å². The van der Waals surface area contributed by atoms with Crippen LogP contribution in [0.1, 0.15) is 105 Å². The summed E-state index contributed by atoms with van der Waals surface area (Å²) in [5, 5.41) is 0. The average molecular weight is 427 g/mol. The molecule has 0 aromatic rings. The van der Waals surface area contributed by atoms with Crippen molar-refractivity contribution >= 4 is 0 Å². The Kier molecular flexibility index (Phi) is 7.12. The predicted molar refractivity (Wildman–Crippen MR) is 133 cm³/mol. The lowest BCUT2D eigenvalue weighted by Crippen LogP contribution is -2.51. The number of fused-ring (bicyclic) bond motifs is 5. The van der Waals surface area contributed by atoms with Crippen LogP contribution in [-0.4, -0.2) is 12.7 Å². The Labute approximate surface area is 193 Å². The molecule has 0 saturated heterocycles. The van der Waals surface area contributed by atoms with Crippen molar-refractivity contribution in [3.63, 3.8) is 0 Å². The van der Waals surface area contributed by atoms with Crippen LogP contribution >= 0.6 is 0 Å². The maximum Gasteiger partial charge on any atom is 0.0648 e. The van der Waals surface area contributed by atoms with Gasteiger partial charge in [0.25, 0.3) is 0 Å². The quantitative estimate of drug-likeness (QED) is 0.353. The highest BCUT2D eigenvalue weighted by Gasteiger charge is 2.59. The highest BCUT2D eigenvalue weighted by Crippen LogP contribution is 2.67. The van der Waals surface area contributed by atoms with Crippen molar-refractivity contribution in [1.82, 2.24) is 0 Å². The van der Waals surface area contributed by atoms with Crippen LogP contribution in [0.4, 0.5) is 0 Å². The first kappa shape index (κ1) is 23.6. The van der Waals surface area contributed by atoms with E-state index in [-0.39, 0.29) is 0 Å². The standard InChI is InChI=1S/C30H50O/c1-7-19-31-24-15-17-29(5)23(20-24)11-12-25-27-14-13-26(22(4)10-8-9-21(2)3)30(27,6)18-16-28(25)29/h7,11,21-22,24-28H,1,8-10,12-20H2,2-6H3/t22?,24-,25?,26+,27?,28?,29-,30+/m0/s1. The molecule has 4 unspecified atom stereocenters. The Morgan fingerprint density at radius 1 is 1.06 bits per heavy atom. The lowest BCUT2D eigenvalue weighted by molar-refractivity contribution is -0.0621. The molecule has 31 heavy (non-hydrogen) atoms. The molecular weight excluding hydrogens is 376 g/mol. The highest BCUT2D eigenvalue weighted by atomic mass is 16.5. The summed E-state index contributed by atoms with van der Waals surface area (Å²) in [6.07, 6.45) is 20.4. The molecule has 3 saturated carbocycles. The van der Waals surface area contributed by atoms with Gasteiger partial charge in [-0.25, -0.2) is 0 Å². The first-order valence-electron chi connectivity index (χ1n) is 13.7. The van der Waals surface area contributed by atoms with E-state index in [0.29, 0.717) is 23.5 Å². The van der Waals surface area contributed by atoms with Gasteiger partial charge in [-0.3, -0.25) is 0 Å².